The predicted molar refractivity (Wildman–Crippen MR) is 140 cm³/mol. The van der Waals surface area contributed by atoms with Gasteiger partial charge in [-0.3, -0.25) is 9.69 Å². The molecule has 0 spiro atoms. The molecule has 0 N–H and O–H groups in total. The summed E-state index contributed by atoms with van der Waals surface area (Å²) in [6.07, 6.45) is 8.50. The highest BCUT2D eigenvalue weighted by Gasteiger charge is 2.33. The van der Waals surface area contributed by atoms with E-state index in [0.29, 0.717) is 21.7 Å². The van der Waals surface area contributed by atoms with Crippen molar-refractivity contribution >= 4 is 51.6 Å². The standard InChI is InChI=1S/C25H27N3OS3/c1-3-5-10-18(4-2)16-27-24(29)22(32-25(27)30)15-19-17-28(20-11-7-6-8-12-20)26-23(19)21-13-9-14-31-21/h6-9,11-15,17-18H,3-5,10,16H2,1-2H3/b22-15+/t18-/m1/s1. The number of para-hydroxylation sites is 1. The molecule has 1 amide bonds. The Balaban J connectivity index is 1.64. The van der Waals surface area contributed by atoms with Crippen LogP contribution >= 0.6 is 35.3 Å². The van der Waals surface area contributed by atoms with E-state index < -0.39 is 0 Å². The molecule has 166 valence electrons. The summed E-state index contributed by atoms with van der Waals surface area (Å²) in [5, 5.41) is 6.88. The first kappa shape index (κ1) is 23.0. The van der Waals surface area contributed by atoms with Gasteiger partial charge < -0.3 is 0 Å². The average molecular weight is 482 g/mol. The topological polar surface area (TPSA) is 38.1 Å². The predicted octanol–water partition coefficient (Wildman–Crippen LogP) is 7.02. The molecular formula is C25H27N3OS3. The maximum Gasteiger partial charge on any atom is 0.266 e. The van der Waals surface area contributed by atoms with Crippen molar-refractivity contribution in [3.8, 4) is 16.3 Å². The molecule has 2 aromatic heterocycles. The molecule has 4 nitrogen and oxygen atoms in total. The molecule has 0 radical (unpaired) electrons. The Morgan fingerprint density at radius 2 is 1.97 bits per heavy atom. The van der Waals surface area contributed by atoms with E-state index in [1.165, 1.54) is 24.6 Å². The second-order valence-corrected chi connectivity index (χ2v) is 10.5. The van der Waals surface area contributed by atoms with E-state index in [9.17, 15) is 4.79 Å². The van der Waals surface area contributed by atoms with Crippen molar-refractivity contribution in [1.29, 1.82) is 0 Å². The Bertz CT molecular complexity index is 1100. The fourth-order valence-corrected chi connectivity index (χ4v) is 5.78. The third kappa shape index (κ3) is 5.05. The van der Waals surface area contributed by atoms with Crippen LogP contribution in [0.25, 0.3) is 22.3 Å². The lowest BCUT2D eigenvalue weighted by molar-refractivity contribution is -0.122. The second-order valence-electron chi connectivity index (χ2n) is 7.90. The Kier molecular flexibility index (Phi) is 7.60. The van der Waals surface area contributed by atoms with E-state index in [-0.39, 0.29) is 5.91 Å². The molecule has 1 fully saturated rings. The van der Waals surface area contributed by atoms with Crippen molar-refractivity contribution in [3.63, 3.8) is 0 Å². The molecule has 3 aromatic rings. The van der Waals surface area contributed by atoms with E-state index in [2.05, 4.69) is 19.9 Å². The van der Waals surface area contributed by atoms with E-state index in [1.54, 1.807) is 16.2 Å². The largest absolute Gasteiger partial charge is 0.293 e. The summed E-state index contributed by atoms with van der Waals surface area (Å²) in [6.45, 7) is 5.11. The van der Waals surface area contributed by atoms with Crippen molar-refractivity contribution in [3.05, 3.63) is 64.5 Å². The molecule has 1 aromatic carbocycles. The summed E-state index contributed by atoms with van der Waals surface area (Å²) in [6, 6.07) is 14.1. The van der Waals surface area contributed by atoms with Crippen LogP contribution in [0.1, 0.15) is 45.1 Å². The van der Waals surface area contributed by atoms with Gasteiger partial charge in [0.2, 0.25) is 0 Å². The Hall–Kier alpha value is -2.22. The van der Waals surface area contributed by atoms with Crippen LogP contribution in [0.3, 0.4) is 0 Å². The van der Waals surface area contributed by atoms with Crippen LogP contribution in [0.15, 0.2) is 58.9 Å². The third-order valence-electron chi connectivity index (χ3n) is 5.66. The molecule has 0 unspecified atom stereocenters. The number of nitrogens with zero attached hydrogens (tertiary/aromatic N) is 3. The van der Waals surface area contributed by atoms with Gasteiger partial charge in [0.1, 0.15) is 10.0 Å². The van der Waals surface area contributed by atoms with Crippen LogP contribution < -0.4 is 0 Å². The summed E-state index contributed by atoms with van der Waals surface area (Å²) >= 11 is 8.64. The van der Waals surface area contributed by atoms with Crippen LogP contribution in [0.5, 0.6) is 0 Å². The minimum atomic E-state index is 0.0135. The molecule has 7 heteroatoms. The number of aromatic nitrogens is 2. The highest BCUT2D eigenvalue weighted by Crippen LogP contribution is 2.36. The molecule has 32 heavy (non-hydrogen) atoms. The van der Waals surface area contributed by atoms with Gasteiger partial charge in [0.25, 0.3) is 5.91 Å². The van der Waals surface area contributed by atoms with E-state index in [4.69, 9.17) is 17.3 Å². The number of unbranched alkanes of at least 4 members (excludes halogenated alkanes) is 1. The van der Waals surface area contributed by atoms with Crippen LogP contribution in [-0.2, 0) is 4.79 Å². The number of carbonyl (C=O) groups excluding carboxylic acids is 1. The number of hydrogen-bond acceptors (Lipinski definition) is 5. The molecule has 1 aliphatic heterocycles. The number of benzene rings is 1. The summed E-state index contributed by atoms with van der Waals surface area (Å²) in [4.78, 5) is 16.8. The molecule has 1 aliphatic rings. The second kappa shape index (κ2) is 10.6. The Morgan fingerprint density at radius 3 is 2.66 bits per heavy atom. The molecule has 0 aliphatic carbocycles. The first-order valence-electron chi connectivity index (χ1n) is 11.0. The first-order valence-corrected chi connectivity index (χ1v) is 13.2. The minimum absolute atomic E-state index is 0.0135. The van der Waals surface area contributed by atoms with Gasteiger partial charge >= 0.3 is 0 Å². The van der Waals surface area contributed by atoms with E-state index in [1.807, 2.05) is 58.7 Å². The van der Waals surface area contributed by atoms with Crippen LogP contribution in [0, 0.1) is 5.92 Å². The molecule has 3 heterocycles. The van der Waals surface area contributed by atoms with Gasteiger partial charge in [0, 0.05) is 18.3 Å². The Labute approximate surface area is 203 Å². The van der Waals surface area contributed by atoms with Crippen molar-refractivity contribution in [2.24, 2.45) is 5.92 Å². The maximum absolute atomic E-state index is 13.2. The smallest absolute Gasteiger partial charge is 0.266 e. The van der Waals surface area contributed by atoms with Crippen molar-refractivity contribution in [2.45, 2.75) is 39.5 Å². The number of thioether (sulfide) groups is 1. The molecule has 0 bridgehead atoms. The number of carbonyl (C=O) groups is 1. The number of amides is 1. The van der Waals surface area contributed by atoms with Crippen LogP contribution in [-0.4, -0.2) is 31.5 Å². The fraction of sp³-hybridized carbons (Fsp3) is 0.320. The lowest BCUT2D eigenvalue weighted by atomic mass is 9.99. The number of thiocarbonyl (C=S) groups is 1. The number of rotatable bonds is 9. The number of hydrogen-bond donors (Lipinski definition) is 0. The minimum Gasteiger partial charge on any atom is -0.293 e. The summed E-state index contributed by atoms with van der Waals surface area (Å²) in [5.41, 5.74) is 2.79. The first-order chi connectivity index (χ1) is 15.6. The molecular weight excluding hydrogens is 454 g/mol. The van der Waals surface area contributed by atoms with Gasteiger partial charge in [-0.2, -0.15) is 5.10 Å². The van der Waals surface area contributed by atoms with Gasteiger partial charge in [-0.1, -0.05) is 81.4 Å². The third-order valence-corrected chi connectivity index (χ3v) is 7.92. The SMILES string of the molecule is CCCC[C@@H](CC)CN1C(=O)/C(=C\c2cn(-c3ccccc3)nc2-c2cccs2)SC1=S. The molecule has 1 atom stereocenters. The van der Waals surface area contributed by atoms with Crippen molar-refractivity contribution in [1.82, 2.24) is 14.7 Å². The number of thiophene rings is 1. The van der Waals surface area contributed by atoms with E-state index in [0.717, 1.165) is 34.7 Å². The Morgan fingerprint density at radius 1 is 1.16 bits per heavy atom. The molecule has 4 rings (SSSR count). The van der Waals surface area contributed by atoms with Gasteiger partial charge in [-0.25, -0.2) is 4.68 Å². The van der Waals surface area contributed by atoms with Gasteiger partial charge in [0.05, 0.1) is 15.5 Å². The van der Waals surface area contributed by atoms with Gasteiger partial charge in [-0.05, 0) is 42.0 Å². The van der Waals surface area contributed by atoms with Gasteiger partial charge in [0.15, 0.2) is 0 Å². The molecule has 0 saturated carbocycles. The highest BCUT2D eigenvalue weighted by atomic mass is 32.2. The average Bonchev–Trinajstić information content (AvgIpc) is 3.54. The zero-order chi connectivity index (χ0) is 22.5. The zero-order valence-electron chi connectivity index (χ0n) is 18.4. The lowest BCUT2D eigenvalue weighted by Crippen LogP contribution is -2.33. The summed E-state index contributed by atoms with van der Waals surface area (Å²) in [5.74, 6) is 0.499. The maximum atomic E-state index is 13.2. The monoisotopic (exact) mass is 481 g/mol. The quantitative estimate of drug-likeness (QED) is 0.243. The summed E-state index contributed by atoms with van der Waals surface area (Å²) < 4.78 is 2.53. The van der Waals surface area contributed by atoms with Gasteiger partial charge in [-0.15, -0.1) is 11.3 Å². The lowest BCUT2D eigenvalue weighted by Gasteiger charge is -2.21. The molecule has 1 saturated heterocycles. The van der Waals surface area contributed by atoms with Crippen molar-refractivity contribution in [2.75, 3.05) is 6.54 Å². The highest BCUT2D eigenvalue weighted by molar-refractivity contribution is 8.26. The fourth-order valence-electron chi connectivity index (χ4n) is 3.78. The van der Waals surface area contributed by atoms with Crippen LogP contribution in [0.2, 0.25) is 0 Å². The summed E-state index contributed by atoms with van der Waals surface area (Å²) in [7, 11) is 0. The van der Waals surface area contributed by atoms with Crippen molar-refractivity contribution < 1.29 is 4.79 Å². The van der Waals surface area contributed by atoms with Crippen LogP contribution in [0.4, 0.5) is 0 Å². The normalized spacial score (nSPS) is 16.3. The van der Waals surface area contributed by atoms with E-state index >= 15 is 0 Å². The zero-order valence-corrected chi connectivity index (χ0v) is 20.8.